The zero-order valence-corrected chi connectivity index (χ0v) is 10.9. The number of piperidine rings is 1. The molecule has 0 aliphatic carbocycles. The topological polar surface area (TPSA) is 15.3 Å². The lowest BCUT2D eigenvalue weighted by Gasteiger charge is -2.26. The number of nitrogens with one attached hydrogen (secondary N) is 1. The summed E-state index contributed by atoms with van der Waals surface area (Å²) in [6.45, 7) is 7.09. The van der Waals surface area contributed by atoms with Crippen LogP contribution in [-0.2, 0) is 0 Å². The van der Waals surface area contributed by atoms with Crippen molar-refractivity contribution in [3.05, 3.63) is 29.8 Å². The number of rotatable bonds is 5. The van der Waals surface area contributed by atoms with Crippen molar-refractivity contribution in [1.29, 1.82) is 0 Å². The molecule has 0 radical (unpaired) electrons. The molecule has 0 unspecified atom stereocenters. The number of hydrogen-bond donors (Lipinski definition) is 1. The van der Waals surface area contributed by atoms with Crippen LogP contribution in [0.15, 0.2) is 24.3 Å². The highest BCUT2D eigenvalue weighted by Gasteiger charge is 2.08. The molecule has 1 aliphatic heterocycles. The van der Waals surface area contributed by atoms with E-state index in [9.17, 15) is 0 Å². The summed E-state index contributed by atoms with van der Waals surface area (Å²) in [6, 6.07) is 8.61. The molecular formula is C15H24N2. The lowest BCUT2D eigenvalue weighted by atomic mass is 10.1. The molecule has 1 aliphatic rings. The molecular weight excluding hydrogens is 208 g/mol. The molecule has 0 amide bonds. The van der Waals surface area contributed by atoms with Crippen molar-refractivity contribution in [3.63, 3.8) is 0 Å². The van der Waals surface area contributed by atoms with Crippen molar-refractivity contribution < 1.29 is 0 Å². The van der Waals surface area contributed by atoms with Gasteiger partial charge in [0.1, 0.15) is 0 Å². The average Bonchev–Trinajstić information content (AvgIpc) is 2.36. The molecule has 1 aromatic rings. The first-order valence-corrected chi connectivity index (χ1v) is 6.87. The summed E-state index contributed by atoms with van der Waals surface area (Å²) in [7, 11) is 0. The molecule has 1 heterocycles. The Morgan fingerprint density at radius 3 is 2.76 bits per heavy atom. The van der Waals surface area contributed by atoms with Crippen molar-refractivity contribution in [1.82, 2.24) is 4.90 Å². The van der Waals surface area contributed by atoms with Crippen LogP contribution < -0.4 is 5.32 Å². The molecule has 17 heavy (non-hydrogen) atoms. The van der Waals surface area contributed by atoms with Crippen LogP contribution in [0.5, 0.6) is 0 Å². The van der Waals surface area contributed by atoms with E-state index in [1.54, 1.807) is 0 Å². The van der Waals surface area contributed by atoms with Crippen LogP contribution in [0.25, 0.3) is 0 Å². The van der Waals surface area contributed by atoms with Crippen LogP contribution in [0.4, 0.5) is 5.69 Å². The van der Waals surface area contributed by atoms with Crippen molar-refractivity contribution in [2.45, 2.75) is 32.6 Å². The lowest BCUT2D eigenvalue weighted by molar-refractivity contribution is 0.228. The summed E-state index contributed by atoms with van der Waals surface area (Å²) >= 11 is 0. The summed E-state index contributed by atoms with van der Waals surface area (Å²) in [4.78, 5) is 2.60. The quantitative estimate of drug-likeness (QED) is 0.784. The Hall–Kier alpha value is -1.02. The summed E-state index contributed by atoms with van der Waals surface area (Å²) in [6.07, 6.45) is 5.46. The Morgan fingerprint density at radius 2 is 2.00 bits per heavy atom. The normalized spacial score (nSPS) is 17.0. The van der Waals surface area contributed by atoms with Gasteiger partial charge in [0.15, 0.2) is 0 Å². The first kappa shape index (κ1) is 12.4. The number of likely N-dealkylation sites (tertiary alicyclic amines) is 1. The highest BCUT2D eigenvalue weighted by molar-refractivity contribution is 5.45. The van der Waals surface area contributed by atoms with E-state index >= 15 is 0 Å². The lowest BCUT2D eigenvalue weighted by Crippen LogP contribution is -2.31. The van der Waals surface area contributed by atoms with Gasteiger partial charge in [0.25, 0.3) is 0 Å². The molecule has 1 fully saturated rings. The van der Waals surface area contributed by atoms with Crippen molar-refractivity contribution in [2.75, 3.05) is 31.5 Å². The second kappa shape index (κ2) is 6.65. The largest absolute Gasteiger partial charge is 0.385 e. The minimum atomic E-state index is 1.08. The summed E-state index contributed by atoms with van der Waals surface area (Å²) in [5.41, 5.74) is 2.58. The van der Waals surface area contributed by atoms with E-state index in [1.165, 1.54) is 56.6 Å². The molecule has 0 spiro atoms. The molecule has 0 aromatic heterocycles. The fourth-order valence-electron chi connectivity index (χ4n) is 2.47. The number of aryl methyl sites for hydroxylation is 1. The Kier molecular flexibility index (Phi) is 4.87. The van der Waals surface area contributed by atoms with Gasteiger partial charge in [-0.15, -0.1) is 0 Å². The van der Waals surface area contributed by atoms with Crippen molar-refractivity contribution in [3.8, 4) is 0 Å². The molecule has 1 N–H and O–H groups in total. The van der Waals surface area contributed by atoms with E-state index in [0.29, 0.717) is 0 Å². The van der Waals surface area contributed by atoms with Gasteiger partial charge in [-0.05, 0) is 63.5 Å². The van der Waals surface area contributed by atoms with Gasteiger partial charge in [-0.3, -0.25) is 0 Å². The molecule has 1 aromatic carbocycles. The van der Waals surface area contributed by atoms with Crippen LogP contribution in [0.1, 0.15) is 31.2 Å². The van der Waals surface area contributed by atoms with E-state index in [2.05, 4.69) is 41.4 Å². The number of nitrogens with zero attached hydrogens (tertiary/aromatic N) is 1. The molecule has 94 valence electrons. The Morgan fingerprint density at radius 1 is 1.18 bits per heavy atom. The summed E-state index contributed by atoms with van der Waals surface area (Å²) in [5.74, 6) is 0. The third-order valence-electron chi connectivity index (χ3n) is 3.45. The summed E-state index contributed by atoms with van der Waals surface area (Å²) in [5, 5.41) is 3.50. The van der Waals surface area contributed by atoms with Gasteiger partial charge in [-0.1, -0.05) is 18.6 Å². The maximum absolute atomic E-state index is 3.50. The van der Waals surface area contributed by atoms with Crippen LogP contribution in [0.2, 0.25) is 0 Å². The van der Waals surface area contributed by atoms with Crippen molar-refractivity contribution >= 4 is 5.69 Å². The van der Waals surface area contributed by atoms with Gasteiger partial charge in [-0.2, -0.15) is 0 Å². The van der Waals surface area contributed by atoms with Crippen molar-refractivity contribution in [2.24, 2.45) is 0 Å². The van der Waals surface area contributed by atoms with E-state index in [4.69, 9.17) is 0 Å². The van der Waals surface area contributed by atoms with E-state index in [1.807, 2.05) is 0 Å². The van der Waals surface area contributed by atoms with Gasteiger partial charge >= 0.3 is 0 Å². The smallest absolute Gasteiger partial charge is 0.0342 e. The zero-order chi connectivity index (χ0) is 11.9. The predicted octanol–water partition coefficient (Wildman–Crippen LogP) is 3.28. The molecule has 1 saturated heterocycles. The first-order valence-electron chi connectivity index (χ1n) is 6.87. The highest BCUT2D eigenvalue weighted by atomic mass is 15.1. The minimum Gasteiger partial charge on any atom is -0.385 e. The molecule has 2 rings (SSSR count). The van der Waals surface area contributed by atoms with Crippen LogP contribution in [-0.4, -0.2) is 31.1 Å². The molecule has 0 bridgehead atoms. The third kappa shape index (κ3) is 4.39. The molecule has 2 nitrogen and oxygen atoms in total. The predicted molar refractivity (Wildman–Crippen MR) is 74.6 cm³/mol. The first-order chi connectivity index (χ1) is 8.34. The number of benzene rings is 1. The number of hydrogen-bond acceptors (Lipinski definition) is 2. The Bertz CT molecular complexity index is 329. The minimum absolute atomic E-state index is 1.08. The van der Waals surface area contributed by atoms with Crippen LogP contribution in [0, 0.1) is 6.92 Å². The van der Waals surface area contributed by atoms with Gasteiger partial charge in [0.05, 0.1) is 0 Å². The van der Waals surface area contributed by atoms with Crippen LogP contribution in [0.3, 0.4) is 0 Å². The SMILES string of the molecule is Cc1cccc(NCCCN2CCCCC2)c1. The zero-order valence-electron chi connectivity index (χ0n) is 10.9. The van der Waals surface area contributed by atoms with Gasteiger partial charge < -0.3 is 10.2 Å². The third-order valence-corrected chi connectivity index (χ3v) is 3.45. The molecule has 2 heteroatoms. The fraction of sp³-hybridized carbons (Fsp3) is 0.600. The standard InChI is InChI=1S/C15H24N2/c1-14-7-5-8-15(13-14)16-9-6-12-17-10-3-2-4-11-17/h5,7-8,13,16H,2-4,6,9-12H2,1H3. The van der Waals surface area contributed by atoms with Gasteiger partial charge in [0.2, 0.25) is 0 Å². The maximum atomic E-state index is 3.50. The highest BCUT2D eigenvalue weighted by Crippen LogP contribution is 2.11. The second-order valence-electron chi connectivity index (χ2n) is 5.05. The molecule has 0 saturated carbocycles. The Balaban J connectivity index is 1.62. The van der Waals surface area contributed by atoms with E-state index < -0.39 is 0 Å². The molecule has 0 atom stereocenters. The van der Waals surface area contributed by atoms with Gasteiger partial charge in [-0.25, -0.2) is 0 Å². The fourth-order valence-corrected chi connectivity index (χ4v) is 2.47. The van der Waals surface area contributed by atoms with E-state index in [-0.39, 0.29) is 0 Å². The maximum Gasteiger partial charge on any atom is 0.0342 e. The monoisotopic (exact) mass is 232 g/mol. The van der Waals surface area contributed by atoms with Crippen LogP contribution >= 0.6 is 0 Å². The Labute approximate surface area is 105 Å². The second-order valence-corrected chi connectivity index (χ2v) is 5.05. The van der Waals surface area contributed by atoms with Gasteiger partial charge in [0, 0.05) is 12.2 Å². The average molecular weight is 232 g/mol. The summed E-state index contributed by atoms with van der Waals surface area (Å²) < 4.78 is 0. The van der Waals surface area contributed by atoms with E-state index in [0.717, 1.165) is 6.54 Å². The number of anilines is 1.